The van der Waals surface area contributed by atoms with Crippen molar-refractivity contribution in [2.75, 3.05) is 7.05 Å². The lowest BCUT2D eigenvalue weighted by Gasteiger charge is -2.18. The fraction of sp³-hybridized carbons (Fsp3) is 0.333. The normalized spacial score (nSPS) is 11.8. The van der Waals surface area contributed by atoms with E-state index in [9.17, 15) is 4.79 Å². The third-order valence-corrected chi connectivity index (χ3v) is 1.80. The molecule has 0 saturated carbocycles. The number of rotatable bonds is 2. The van der Waals surface area contributed by atoms with Gasteiger partial charge in [0.05, 0.1) is 6.04 Å². The molecule has 0 radical (unpaired) electrons. The van der Waals surface area contributed by atoms with Crippen LogP contribution in [0.2, 0.25) is 0 Å². The Morgan fingerprint density at radius 3 is 3.00 bits per heavy atom. The highest BCUT2D eigenvalue weighted by Crippen LogP contribution is 2.03. The molecule has 1 unspecified atom stereocenters. The first kappa shape index (κ1) is 9.33. The third-order valence-electron chi connectivity index (χ3n) is 1.80. The quantitative estimate of drug-likeness (QED) is 0.628. The minimum absolute atomic E-state index is 0.237. The van der Waals surface area contributed by atoms with E-state index in [1.165, 1.54) is 17.2 Å². The Kier molecular flexibility index (Phi) is 2.70. The summed E-state index contributed by atoms with van der Waals surface area (Å²) in [6.07, 6.45) is 6.53. The molecule has 4 nitrogen and oxygen atoms in total. The minimum Gasteiger partial charge on any atom is -0.364 e. The Morgan fingerprint density at radius 2 is 2.54 bits per heavy atom. The van der Waals surface area contributed by atoms with Crippen LogP contribution in [-0.4, -0.2) is 29.1 Å². The maximum atomic E-state index is 11.5. The summed E-state index contributed by atoms with van der Waals surface area (Å²) < 4.78 is 4.55. The van der Waals surface area contributed by atoms with Crippen LogP contribution in [0.3, 0.4) is 0 Å². The highest BCUT2D eigenvalue weighted by Gasteiger charge is 2.17. The monoisotopic (exact) mass is 178 g/mol. The largest absolute Gasteiger partial charge is 0.364 e. The molecule has 0 spiro atoms. The van der Waals surface area contributed by atoms with Gasteiger partial charge in [-0.15, -0.1) is 6.42 Å². The van der Waals surface area contributed by atoms with E-state index >= 15 is 0 Å². The highest BCUT2D eigenvalue weighted by molar-refractivity contribution is 5.92. The standard InChI is InChI=1S/C9H10N2O2/c1-4-7(2)11(3)9(12)8-5-6-13-10-8/h1,5-7H,2-3H3. The van der Waals surface area contributed by atoms with E-state index in [1.54, 1.807) is 14.0 Å². The first-order chi connectivity index (χ1) is 6.16. The molecule has 1 atom stereocenters. The van der Waals surface area contributed by atoms with Gasteiger partial charge in [-0.25, -0.2) is 0 Å². The van der Waals surface area contributed by atoms with Gasteiger partial charge < -0.3 is 9.42 Å². The van der Waals surface area contributed by atoms with E-state index in [1.807, 2.05) is 0 Å². The van der Waals surface area contributed by atoms with Crippen molar-refractivity contribution in [1.29, 1.82) is 0 Å². The molecular formula is C9H10N2O2. The fourth-order valence-electron chi connectivity index (χ4n) is 0.791. The predicted molar refractivity (Wildman–Crippen MR) is 46.9 cm³/mol. The van der Waals surface area contributed by atoms with Crippen molar-refractivity contribution in [3.63, 3.8) is 0 Å². The highest BCUT2D eigenvalue weighted by atomic mass is 16.5. The van der Waals surface area contributed by atoms with Gasteiger partial charge in [0.15, 0.2) is 5.69 Å². The number of hydrogen-bond donors (Lipinski definition) is 0. The van der Waals surface area contributed by atoms with Crippen molar-refractivity contribution in [2.45, 2.75) is 13.0 Å². The van der Waals surface area contributed by atoms with Crippen LogP contribution in [0.4, 0.5) is 0 Å². The first-order valence-electron chi connectivity index (χ1n) is 3.80. The summed E-state index contributed by atoms with van der Waals surface area (Å²) in [4.78, 5) is 12.9. The van der Waals surface area contributed by atoms with Gasteiger partial charge in [0.25, 0.3) is 5.91 Å². The number of hydrogen-bond acceptors (Lipinski definition) is 3. The maximum Gasteiger partial charge on any atom is 0.276 e. The summed E-state index contributed by atoms with van der Waals surface area (Å²) in [6.45, 7) is 1.76. The molecule has 0 N–H and O–H groups in total. The molecule has 0 aliphatic heterocycles. The van der Waals surface area contributed by atoms with Crippen LogP contribution in [0.1, 0.15) is 17.4 Å². The molecule has 1 aromatic rings. The maximum absolute atomic E-state index is 11.5. The topological polar surface area (TPSA) is 46.3 Å². The van der Waals surface area contributed by atoms with Gasteiger partial charge in [-0.05, 0) is 6.92 Å². The summed E-state index contributed by atoms with van der Waals surface area (Å²) in [5.41, 5.74) is 0.268. The van der Waals surface area contributed by atoms with Crippen LogP contribution in [0, 0.1) is 12.3 Å². The van der Waals surface area contributed by atoms with E-state index in [-0.39, 0.29) is 17.6 Å². The summed E-state index contributed by atoms with van der Waals surface area (Å²) in [7, 11) is 1.63. The van der Waals surface area contributed by atoms with Crippen LogP contribution in [0.25, 0.3) is 0 Å². The van der Waals surface area contributed by atoms with Gasteiger partial charge in [-0.1, -0.05) is 11.1 Å². The Labute approximate surface area is 76.5 Å². The Bertz CT molecular complexity index is 324. The van der Waals surface area contributed by atoms with Crippen molar-refractivity contribution in [2.24, 2.45) is 0 Å². The smallest absolute Gasteiger partial charge is 0.276 e. The molecule has 0 aliphatic carbocycles. The number of aromatic nitrogens is 1. The van der Waals surface area contributed by atoms with Gasteiger partial charge in [0.2, 0.25) is 0 Å². The minimum atomic E-state index is -0.246. The Balaban J connectivity index is 2.75. The third kappa shape index (κ3) is 1.88. The molecule has 0 aliphatic rings. The van der Waals surface area contributed by atoms with Crippen LogP contribution >= 0.6 is 0 Å². The first-order valence-corrected chi connectivity index (χ1v) is 3.80. The van der Waals surface area contributed by atoms with Crippen molar-refractivity contribution < 1.29 is 9.32 Å². The van der Waals surface area contributed by atoms with Gasteiger partial charge in [-0.2, -0.15) is 0 Å². The fourth-order valence-corrected chi connectivity index (χ4v) is 0.791. The van der Waals surface area contributed by atoms with Crippen LogP contribution in [-0.2, 0) is 0 Å². The zero-order valence-electron chi connectivity index (χ0n) is 7.52. The van der Waals surface area contributed by atoms with Gasteiger partial charge >= 0.3 is 0 Å². The predicted octanol–water partition coefficient (Wildman–Crippen LogP) is 0.768. The lowest BCUT2D eigenvalue weighted by atomic mass is 10.3. The van der Waals surface area contributed by atoms with E-state index in [0.717, 1.165) is 0 Å². The molecule has 0 saturated heterocycles. The summed E-state index contributed by atoms with van der Waals surface area (Å²) in [5.74, 6) is 2.22. The molecule has 1 aromatic heterocycles. The Hall–Kier alpha value is -1.76. The number of amides is 1. The van der Waals surface area contributed by atoms with Crippen molar-refractivity contribution in [3.8, 4) is 12.3 Å². The van der Waals surface area contributed by atoms with Crippen LogP contribution < -0.4 is 0 Å². The second-order valence-corrected chi connectivity index (χ2v) is 2.64. The number of carbonyl (C=O) groups is 1. The number of carbonyl (C=O) groups excluding carboxylic acids is 1. The van der Waals surface area contributed by atoms with Gasteiger partial charge in [0, 0.05) is 13.1 Å². The van der Waals surface area contributed by atoms with Crippen LogP contribution in [0.5, 0.6) is 0 Å². The van der Waals surface area contributed by atoms with E-state index < -0.39 is 0 Å². The van der Waals surface area contributed by atoms with Crippen molar-refractivity contribution in [1.82, 2.24) is 10.1 Å². The summed E-state index contributed by atoms with van der Waals surface area (Å²) >= 11 is 0. The summed E-state index contributed by atoms with van der Waals surface area (Å²) in [5, 5.41) is 3.52. The van der Waals surface area contributed by atoms with E-state index in [4.69, 9.17) is 6.42 Å². The molecule has 4 heteroatoms. The molecule has 68 valence electrons. The average Bonchev–Trinajstić information content (AvgIpc) is 2.67. The lowest BCUT2D eigenvalue weighted by Crippen LogP contribution is -2.34. The van der Waals surface area contributed by atoms with Gasteiger partial charge in [-0.3, -0.25) is 4.79 Å². The van der Waals surface area contributed by atoms with Crippen molar-refractivity contribution >= 4 is 5.91 Å². The van der Waals surface area contributed by atoms with Crippen molar-refractivity contribution in [3.05, 3.63) is 18.0 Å². The molecule has 0 bridgehead atoms. The second-order valence-electron chi connectivity index (χ2n) is 2.64. The molecular weight excluding hydrogens is 168 g/mol. The van der Waals surface area contributed by atoms with Gasteiger partial charge in [0.1, 0.15) is 6.26 Å². The zero-order chi connectivity index (χ0) is 9.84. The second kappa shape index (κ2) is 3.76. The molecule has 1 rings (SSSR count). The lowest BCUT2D eigenvalue weighted by molar-refractivity contribution is 0.0764. The van der Waals surface area contributed by atoms with E-state index in [2.05, 4.69) is 15.6 Å². The molecule has 1 heterocycles. The number of nitrogens with zero attached hydrogens (tertiary/aromatic N) is 2. The molecule has 13 heavy (non-hydrogen) atoms. The van der Waals surface area contributed by atoms with E-state index in [0.29, 0.717) is 0 Å². The molecule has 0 aromatic carbocycles. The SMILES string of the molecule is C#CC(C)N(C)C(=O)c1ccon1. The zero-order valence-corrected chi connectivity index (χ0v) is 7.52. The number of terminal acetylenes is 1. The summed E-state index contributed by atoms with van der Waals surface area (Å²) in [6, 6.07) is 1.26. The van der Waals surface area contributed by atoms with Crippen LogP contribution in [0.15, 0.2) is 16.9 Å². The molecule has 0 fully saturated rings. The average molecular weight is 178 g/mol. The molecule has 1 amide bonds. The Morgan fingerprint density at radius 1 is 1.85 bits per heavy atom.